The van der Waals surface area contributed by atoms with Crippen molar-refractivity contribution < 1.29 is 8.78 Å². The van der Waals surface area contributed by atoms with Crippen LogP contribution >= 0.6 is 0 Å². The molecular weight excluding hydrogens is 260 g/mol. The van der Waals surface area contributed by atoms with Crippen molar-refractivity contribution in [1.29, 1.82) is 0 Å². The summed E-state index contributed by atoms with van der Waals surface area (Å²) in [7, 11) is 0. The summed E-state index contributed by atoms with van der Waals surface area (Å²) in [6.07, 6.45) is 3.20. The Hall–Kier alpha value is -2.04. The average molecular weight is 277 g/mol. The fourth-order valence-corrected chi connectivity index (χ4v) is 2.10. The first-order chi connectivity index (χ1) is 9.30. The Morgan fingerprint density at radius 2 is 1.95 bits per heavy atom. The minimum atomic E-state index is -3.02. The van der Waals surface area contributed by atoms with Crippen LogP contribution in [-0.4, -0.2) is 9.97 Å². The number of halogens is 2. The number of aromatic nitrogens is 2. The van der Waals surface area contributed by atoms with Gasteiger partial charge in [0, 0.05) is 30.4 Å². The highest BCUT2D eigenvalue weighted by Crippen LogP contribution is 2.35. The summed E-state index contributed by atoms with van der Waals surface area (Å²) in [5.41, 5.74) is 7.55. The molecule has 5 heteroatoms. The van der Waals surface area contributed by atoms with Gasteiger partial charge in [-0.2, -0.15) is 0 Å². The molecule has 0 saturated carbocycles. The fourth-order valence-electron chi connectivity index (χ4n) is 2.10. The second-order valence-corrected chi connectivity index (χ2v) is 5.14. The van der Waals surface area contributed by atoms with E-state index < -0.39 is 5.92 Å². The topological polar surface area (TPSA) is 51.8 Å². The third kappa shape index (κ3) is 2.76. The van der Waals surface area contributed by atoms with Crippen LogP contribution in [0.3, 0.4) is 0 Å². The van der Waals surface area contributed by atoms with Crippen LogP contribution in [0.15, 0.2) is 30.6 Å². The van der Waals surface area contributed by atoms with Crippen molar-refractivity contribution in [2.75, 3.05) is 5.73 Å². The summed E-state index contributed by atoms with van der Waals surface area (Å²) < 4.78 is 27.1. The molecule has 2 aromatic rings. The molecule has 0 fully saturated rings. The van der Waals surface area contributed by atoms with Gasteiger partial charge >= 0.3 is 0 Å². The molecule has 20 heavy (non-hydrogen) atoms. The second-order valence-electron chi connectivity index (χ2n) is 5.14. The van der Waals surface area contributed by atoms with Gasteiger partial charge in [-0.25, -0.2) is 13.8 Å². The SMILES string of the molecule is CC(C)c1ncccc1-c1cnc(N)c(C(C)(F)F)c1. The largest absolute Gasteiger partial charge is 0.383 e. The predicted octanol–water partition coefficient (Wildman–Crippen LogP) is 3.96. The maximum Gasteiger partial charge on any atom is 0.274 e. The summed E-state index contributed by atoms with van der Waals surface area (Å²) in [6.45, 7) is 4.83. The Labute approximate surface area is 116 Å². The van der Waals surface area contributed by atoms with Crippen molar-refractivity contribution in [2.24, 2.45) is 0 Å². The van der Waals surface area contributed by atoms with Crippen LogP contribution in [-0.2, 0) is 5.92 Å². The Kier molecular flexibility index (Phi) is 3.70. The normalized spacial score (nSPS) is 11.9. The first-order valence-electron chi connectivity index (χ1n) is 6.39. The molecule has 2 rings (SSSR count). The zero-order valence-electron chi connectivity index (χ0n) is 11.7. The van der Waals surface area contributed by atoms with Crippen molar-refractivity contribution in [3.05, 3.63) is 41.9 Å². The lowest BCUT2D eigenvalue weighted by Crippen LogP contribution is -2.12. The highest BCUT2D eigenvalue weighted by atomic mass is 19.3. The van der Waals surface area contributed by atoms with Gasteiger partial charge in [0.2, 0.25) is 0 Å². The maximum absolute atomic E-state index is 13.5. The number of hydrogen-bond donors (Lipinski definition) is 1. The Bertz CT molecular complexity index is 619. The molecule has 0 atom stereocenters. The Balaban J connectivity index is 2.60. The standard InChI is InChI=1S/C15H17F2N3/c1-9(2)13-11(5-4-6-19-13)10-7-12(15(3,16)17)14(18)20-8-10/h4-9H,1-3H3,(H2,18,20). The van der Waals surface area contributed by atoms with Crippen LogP contribution in [0.2, 0.25) is 0 Å². The highest BCUT2D eigenvalue weighted by Gasteiger charge is 2.28. The quantitative estimate of drug-likeness (QED) is 0.923. The smallest absolute Gasteiger partial charge is 0.274 e. The average Bonchev–Trinajstić information content (AvgIpc) is 2.38. The minimum Gasteiger partial charge on any atom is -0.383 e. The number of nitrogen functional groups attached to an aromatic ring is 1. The van der Waals surface area contributed by atoms with E-state index >= 15 is 0 Å². The fraction of sp³-hybridized carbons (Fsp3) is 0.333. The number of nitrogens with zero attached hydrogens (tertiary/aromatic N) is 2. The molecule has 0 aliphatic rings. The number of rotatable bonds is 3. The molecule has 0 aliphatic heterocycles. The van der Waals surface area contributed by atoms with Gasteiger partial charge in [-0.3, -0.25) is 4.98 Å². The number of nitrogens with two attached hydrogens (primary N) is 1. The monoisotopic (exact) mass is 277 g/mol. The lowest BCUT2D eigenvalue weighted by atomic mass is 9.97. The Morgan fingerprint density at radius 3 is 2.55 bits per heavy atom. The molecule has 2 N–H and O–H groups in total. The van der Waals surface area contributed by atoms with Crippen molar-refractivity contribution in [3.63, 3.8) is 0 Å². The molecule has 0 spiro atoms. The van der Waals surface area contributed by atoms with E-state index in [0.29, 0.717) is 5.56 Å². The number of anilines is 1. The van der Waals surface area contributed by atoms with Crippen molar-refractivity contribution in [3.8, 4) is 11.1 Å². The van der Waals surface area contributed by atoms with E-state index in [-0.39, 0.29) is 17.3 Å². The predicted molar refractivity (Wildman–Crippen MR) is 75.5 cm³/mol. The molecule has 2 aromatic heterocycles. The number of pyridine rings is 2. The van der Waals surface area contributed by atoms with Crippen LogP contribution in [0.5, 0.6) is 0 Å². The summed E-state index contributed by atoms with van der Waals surface area (Å²) in [4.78, 5) is 8.21. The van der Waals surface area contributed by atoms with E-state index in [0.717, 1.165) is 18.2 Å². The van der Waals surface area contributed by atoms with Crippen molar-refractivity contribution in [2.45, 2.75) is 32.6 Å². The van der Waals surface area contributed by atoms with Gasteiger partial charge in [-0.05, 0) is 18.1 Å². The molecule has 0 amide bonds. The third-order valence-corrected chi connectivity index (χ3v) is 3.09. The van der Waals surface area contributed by atoms with E-state index in [4.69, 9.17) is 5.73 Å². The van der Waals surface area contributed by atoms with E-state index in [1.807, 2.05) is 19.9 Å². The molecule has 0 saturated heterocycles. The van der Waals surface area contributed by atoms with Crippen molar-refractivity contribution >= 4 is 5.82 Å². The van der Waals surface area contributed by atoms with Gasteiger partial charge in [0.05, 0.1) is 11.3 Å². The molecule has 0 bridgehead atoms. The lowest BCUT2D eigenvalue weighted by Gasteiger charge is -2.16. The molecule has 0 radical (unpaired) electrons. The van der Waals surface area contributed by atoms with E-state index in [1.54, 1.807) is 12.3 Å². The molecule has 0 aliphatic carbocycles. The molecule has 3 nitrogen and oxygen atoms in total. The Morgan fingerprint density at radius 1 is 1.25 bits per heavy atom. The van der Waals surface area contributed by atoms with Gasteiger partial charge in [-0.15, -0.1) is 0 Å². The van der Waals surface area contributed by atoms with E-state index in [9.17, 15) is 8.78 Å². The summed E-state index contributed by atoms with van der Waals surface area (Å²) in [5, 5.41) is 0. The van der Waals surface area contributed by atoms with Crippen LogP contribution in [0.1, 0.15) is 37.9 Å². The van der Waals surface area contributed by atoms with Crippen LogP contribution in [0.4, 0.5) is 14.6 Å². The zero-order valence-corrected chi connectivity index (χ0v) is 11.7. The van der Waals surface area contributed by atoms with Gasteiger partial charge < -0.3 is 5.73 Å². The summed E-state index contributed by atoms with van der Waals surface area (Å²) in [5.74, 6) is -2.97. The maximum atomic E-state index is 13.5. The van der Waals surface area contributed by atoms with Crippen LogP contribution in [0, 0.1) is 0 Å². The van der Waals surface area contributed by atoms with Gasteiger partial charge in [0.15, 0.2) is 0 Å². The van der Waals surface area contributed by atoms with Crippen LogP contribution in [0.25, 0.3) is 11.1 Å². The molecule has 106 valence electrons. The van der Waals surface area contributed by atoms with Crippen LogP contribution < -0.4 is 5.73 Å². The highest BCUT2D eigenvalue weighted by molar-refractivity contribution is 5.68. The zero-order chi connectivity index (χ0) is 14.9. The van der Waals surface area contributed by atoms with Crippen molar-refractivity contribution in [1.82, 2.24) is 9.97 Å². The second kappa shape index (κ2) is 5.15. The number of alkyl halides is 2. The van der Waals surface area contributed by atoms with E-state index in [1.165, 1.54) is 12.3 Å². The summed E-state index contributed by atoms with van der Waals surface area (Å²) in [6, 6.07) is 5.03. The minimum absolute atomic E-state index is 0.142. The van der Waals surface area contributed by atoms with Gasteiger partial charge in [0.1, 0.15) is 5.82 Å². The van der Waals surface area contributed by atoms with Gasteiger partial charge in [0.25, 0.3) is 5.92 Å². The summed E-state index contributed by atoms with van der Waals surface area (Å²) >= 11 is 0. The molecule has 0 unspecified atom stereocenters. The number of hydrogen-bond acceptors (Lipinski definition) is 3. The van der Waals surface area contributed by atoms with Gasteiger partial charge in [-0.1, -0.05) is 19.9 Å². The molecule has 2 heterocycles. The third-order valence-electron chi connectivity index (χ3n) is 3.09. The molecular formula is C15H17F2N3. The molecule has 0 aromatic carbocycles. The first kappa shape index (κ1) is 14.4. The lowest BCUT2D eigenvalue weighted by molar-refractivity contribution is 0.0181. The van der Waals surface area contributed by atoms with E-state index in [2.05, 4.69) is 9.97 Å². The first-order valence-corrected chi connectivity index (χ1v) is 6.39.